The molecule has 1 saturated heterocycles. The van der Waals surface area contributed by atoms with E-state index < -0.39 is 18.0 Å². The van der Waals surface area contributed by atoms with Gasteiger partial charge in [-0.15, -0.1) is 23.5 Å². The minimum absolute atomic E-state index is 0.0286. The fraction of sp³-hybridized carbons (Fsp3) is 0.679. The van der Waals surface area contributed by atoms with Crippen molar-refractivity contribution in [1.29, 1.82) is 0 Å². The van der Waals surface area contributed by atoms with Crippen molar-refractivity contribution in [1.82, 2.24) is 0 Å². The van der Waals surface area contributed by atoms with Crippen molar-refractivity contribution in [3.8, 4) is 11.5 Å². The van der Waals surface area contributed by atoms with Crippen molar-refractivity contribution in [3.05, 3.63) is 23.3 Å². The van der Waals surface area contributed by atoms with Gasteiger partial charge in [-0.2, -0.15) is 11.8 Å². The number of aliphatic hydroxyl groups is 1. The molecule has 2 rings (SSSR count). The van der Waals surface area contributed by atoms with Crippen molar-refractivity contribution in [2.75, 3.05) is 23.9 Å². The van der Waals surface area contributed by atoms with Crippen molar-refractivity contribution in [3.63, 3.8) is 0 Å². The Bertz CT molecular complexity index is 936. The average molecular weight is 605 g/mol. The Hall–Kier alpha value is -1.56. The molecule has 1 aliphatic heterocycles. The predicted molar refractivity (Wildman–Crippen MR) is 162 cm³/mol. The molecule has 1 aromatic carbocycles. The van der Waals surface area contributed by atoms with Crippen LogP contribution in [0, 0.1) is 5.41 Å². The van der Waals surface area contributed by atoms with Crippen molar-refractivity contribution >= 4 is 53.0 Å². The molecule has 0 saturated carbocycles. The fourth-order valence-electron chi connectivity index (χ4n) is 4.17. The van der Waals surface area contributed by atoms with Crippen LogP contribution in [0.3, 0.4) is 0 Å². The molecule has 222 valence electrons. The van der Waals surface area contributed by atoms with E-state index in [1.807, 2.05) is 30.4 Å². The smallest absolute Gasteiger partial charge is 0.303 e. The van der Waals surface area contributed by atoms with Gasteiger partial charge in [0.25, 0.3) is 0 Å². The van der Waals surface area contributed by atoms with Gasteiger partial charge in [-0.05, 0) is 38.3 Å². The Kier molecular flexibility index (Phi) is 16.4. The second-order valence-corrected chi connectivity index (χ2v) is 13.5. The predicted octanol–water partition coefficient (Wildman–Crippen LogP) is 5.96. The summed E-state index contributed by atoms with van der Waals surface area (Å²) < 4.78 is 6.11. The zero-order valence-corrected chi connectivity index (χ0v) is 26.1. The first-order valence-corrected chi connectivity index (χ1v) is 16.5. The molecular formula is C28H44O8S3. The lowest BCUT2D eigenvalue weighted by Crippen LogP contribution is -2.31. The van der Waals surface area contributed by atoms with Crippen LogP contribution in [-0.2, 0) is 16.0 Å². The average Bonchev–Trinajstić information content (AvgIpc) is 3.37. The Morgan fingerprint density at radius 1 is 1.13 bits per heavy atom. The molecule has 0 spiro atoms. The van der Waals surface area contributed by atoms with Crippen LogP contribution in [0.5, 0.6) is 11.5 Å². The molecule has 1 aliphatic rings. The summed E-state index contributed by atoms with van der Waals surface area (Å²) in [6.45, 7) is 9.31. The van der Waals surface area contributed by atoms with Crippen LogP contribution >= 0.6 is 35.3 Å². The van der Waals surface area contributed by atoms with E-state index in [0.29, 0.717) is 33.3 Å². The number of Topliss-reactive ketones (excluding diaryl/α,β-unsaturated/α-hetero) is 1. The second kappa shape index (κ2) is 18.0. The van der Waals surface area contributed by atoms with Gasteiger partial charge in [0.15, 0.2) is 5.78 Å². The molecule has 0 aromatic heterocycles. The number of carbonyl (C=O) groups is 3. The van der Waals surface area contributed by atoms with Crippen LogP contribution in [0.1, 0.15) is 82.6 Å². The number of aliphatic carboxylic acids is 2. The monoisotopic (exact) mass is 604 g/mol. The number of ketones is 1. The van der Waals surface area contributed by atoms with E-state index in [0.717, 1.165) is 30.8 Å². The standard InChI is InChI=1S/C25H38O6S3.C3H6O2/c1-5-8-20-21(10-9-19(16(4)26)23(20)30)31-12-17(27)13-32-14-18-15-33-24(34-18)25(6-2,7-3)11-22(28)29;1-2-3(4)5/h9-10,17-18,24,27,30H,5-8,11-15H2,1-4H3,(H,28,29);2H2,1H3,(H,4,5). The molecule has 1 fully saturated rings. The molecule has 8 nitrogen and oxygen atoms in total. The first-order chi connectivity index (χ1) is 18.4. The number of carboxylic acid groups (broad SMARTS) is 2. The number of carbonyl (C=O) groups excluding carboxylic acids is 1. The molecule has 1 heterocycles. The SMILES string of the molecule is CCC(=O)O.CCCc1c(OCC(O)CSCC2CSC(C(CC)(CC)CC(=O)O)S2)ccc(C(C)=O)c1O. The Morgan fingerprint density at radius 3 is 2.28 bits per heavy atom. The van der Waals surface area contributed by atoms with Crippen LogP contribution in [0.15, 0.2) is 12.1 Å². The number of phenolic OH excluding ortho intramolecular Hbond substituents is 1. The fourth-order valence-corrected chi connectivity index (χ4v) is 9.71. The first kappa shape index (κ1) is 35.5. The summed E-state index contributed by atoms with van der Waals surface area (Å²) in [5, 5.41) is 38.4. The summed E-state index contributed by atoms with van der Waals surface area (Å²) in [6, 6.07) is 3.26. The van der Waals surface area contributed by atoms with Crippen LogP contribution in [0.2, 0.25) is 0 Å². The number of benzene rings is 1. The molecule has 0 bridgehead atoms. The van der Waals surface area contributed by atoms with Crippen molar-refractivity contribution < 1.29 is 39.5 Å². The van der Waals surface area contributed by atoms with Gasteiger partial charge in [-0.1, -0.05) is 34.1 Å². The number of ether oxygens (including phenoxy) is 1. The molecule has 0 amide bonds. The molecule has 39 heavy (non-hydrogen) atoms. The summed E-state index contributed by atoms with van der Waals surface area (Å²) >= 11 is 5.46. The van der Waals surface area contributed by atoms with Gasteiger partial charge >= 0.3 is 11.9 Å². The highest BCUT2D eigenvalue weighted by Crippen LogP contribution is 2.53. The Balaban J connectivity index is 0.00000139. The minimum Gasteiger partial charge on any atom is -0.507 e. The maximum Gasteiger partial charge on any atom is 0.303 e. The maximum absolute atomic E-state index is 11.7. The van der Waals surface area contributed by atoms with Crippen LogP contribution < -0.4 is 4.74 Å². The zero-order chi connectivity index (χ0) is 29.6. The van der Waals surface area contributed by atoms with Crippen LogP contribution in [0.4, 0.5) is 0 Å². The zero-order valence-electron chi connectivity index (χ0n) is 23.6. The highest BCUT2D eigenvalue weighted by atomic mass is 32.2. The van der Waals surface area contributed by atoms with Gasteiger partial charge in [0.1, 0.15) is 18.1 Å². The number of hydrogen-bond acceptors (Lipinski definition) is 9. The lowest BCUT2D eigenvalue weighted by molar-refractivity contribution is -0.140. The van der Waals surface area contributed by atoms with Crippen molar-refractivity contribution in [2.45, 2.75) is 89.1 Å². The Morgan fingerprint density at radius 2 is 1.77 bits per heavy atom. The normalized spacial score (nSPS) is 17.7. The van der Waals surface area contributed by atoms with Crippen LogP contribution in [-0.4, -0.2) is 77.9 Å². The number of carboxylic acids is 2. The lowest BCUT2D eigenvalue weighted by atomic mass is 9.81. The summed E-state index contributed by atoms with van der Waals surface area (Å²) in [5.41, 5.74) is 0.723. The van der Waals surface area contributed by atoms with E-state index in [1.54, 1.807) is 30.8 Å². The van der Waals surface area contributed by atoms with E-state index in [9.17, 15) is 29.7 Å². The number of thioether (sulfide) groups is 3. The number of phenols is 1. The lowest BCUT2D eigenvalue weighted by Gasteiger charge is -2.35. The first-order valence-electron chi connectivity index (χ1n) is 13.4. The third-order valence-corrected chi connectivity index (χ3v) is 11.9. The minimum atomic E-state index is -0.745. The number of rotatable bonds is 16. The molecule has 3 atom stereocenters. The summed E-state index contributed by atoms with van der Waals surface area (Å²) in [7, 11) is 0. The number of aromatic hydroxyl groups is 1. The van der Waals surface area contributed by atoms with Gasteiger partial charge in [-0.25, -0.2) is 0 Å². The number of hydrogen-bond donors (Lipinski definition) is 4. The molecule has 0 aliphatic carbocycles. The quantitative estimate of drug-likeness (QED) is 0.166. The van der Waals surface area contributed by atoms with E-state index in [-0.39, 0.29) is 42.0 Å². The molecule has 1 aromatic rings. The Labute approximate surface area is 245 Å². The second-order valence-electron chi connectivity index (χ2n) is 9.56. The summed E-state index contributed by atoms with van der Waals surface area (Å²) in [5.74, 6) is 1.25. The third kappa shape index (κ3) is 11.4. The van der Waals surface area contributed by atoms with Gasteiger partial charge in [0.05, 0.1) is 22.7 Å². The van der Waals surface area contributed by atoms with Crippen molar-refractivity contribution in [2.24, 2.45) is 5.41 Å². The highest BCUT2D eigenvalue weighted by molar-refractivity contribution is 8.21. The third-order valence-electron chi connectivity index (χ3n) is 6.63. The van der Waals surface area contributed by atoms with E-state index in [2.05, 4.69) is 13.8 Å². The topological polar surface area (TPSA) is 141 Å². The van der Waals surface area contributed by atoms with E-state index >= 15 is 0 Å². The molecule has 0 radical (unpaired) electrons. The highest BCUT2D eigenvalue weighted by Gasteiger charge is 2.43. The maximum atomic E-state index is 11.7. The molecular weight excluding hydrogens is 561 g/mol. The number of aliphatic hydroxyl groups excluding tert-OH is 1. The van der Waals surface area contributed by atoms with E-state index in [1.165, 1.54) is 6.92 Å². The van der Waals surface area contributed by atoms with Gasteiger partial charge in [0.2, 0.25) is 0 Å². The van der Waals surface area contributed by atoms with E-state index in [4.69, 9.17) is 9.84 Å². The molecule has 11 heteroatoms. The largest absolute Gasteiger partial charge is 0.507 e. The van der Waals surface area contributed by atoms with Crippen LogP contribution in [0.25, 0.3) is 0 Å². The van der Waals surface area contributed by atoms with Gasteiger partial charge in [0, 0.05) is 39.9 Å². The molecule has 4 N–H and O–H groups in total. The van der Waals surface area contributed by atoms with Gasteiger partial charge in [-0.3, -0.25) is 14.4 Å². The summed E-state index contributed by atoms with van der Waals surface area (Å²) in [6.07, 6.45) is 2.89. The molecule has 3 unspecified atom stereocenters. The summed E-state index contributed by atoms with van der Waals surface area (Å²) in [4.78, 5) is 32.5. The van der Waals surface area contributed by atoms with Gasteiger partial charge < -0.3 is 25.2 Å².